The Kier molecular flexibility index (Phi) is 34.7. The maximum Gasteiger partial charge on any atom is 0.283 e. The molecular weight excluding hydrogens is 1770 g/mol. The van der Waals surface area contributed by atoms with Gasteiger partial charge in [0.1, 0.15) is 46.0 Å². The fraction of sp³-hybridized carbons (Fsp3) is 0.588. The molecule has 0 spiro atoms. The molecule has 8 aromatic heterocycles. The van der Waals surface area contributed by atoms with Gasteiger partial charge in [0.25, 0.3) is 47.3 Å². The van der Waals surface area contributed by atoms with E-state index >= 15 is 0 Å². The Hall–Kier alpha value is -10.1. The second-order valence-corrected chi connectivity index (χ2v) is 41.1. The molecule has 8 amide bonds. The highest BCUT2D eigenvalue weighted by molar-refractivity contribution is 7.18. The summed E-state index contributed by atoms with van der Waals surface area (Å²) < 4.78 is 10.8. The van der Waals surface area contributed by atoms with E-state index in [2.05, 4.69) is 139 Å². The highest BCUT2D eigenvalue weighted by atomic mass is 32.1. The van der Waals surface area contributed by atoms with Crippen molar-refractivity contribution in [3.8, 4) is 41.8 Å². The number of ether oxygens (including phenoxy) is 2. The number of amides is 8. The zero-order valence-electron chi connectivity index (χ0n) is 79.8. The van der Waals surface area contributed by atoms with Crippen molar-refractivity contribution in [3.05, 3.63) is 114 Å². The number of likely N-dealkylation sites (tertiary alicyclic amines) is 4. The molecule has 2 saturated carbocycles. The first-order chi connectivity index (χ1) is 63.8. The normalized spacial score (nSPS) is 21.3. The number of aryl methyl sites for hydroxylation is 4. The maximum absolute atomic E-state index is 13.5. The number of anilines is 4. The minimum atomic E-state index is -0.516. The van der Waals surface area contributed by atoms with E-state index in [-0.39, 0.29) is 112 Å². The summed E-state index contributed by atoms with van der Waals surface area (Å²) in [5.74, 6) is 1.67. The first-order valence-electron chi connectivity index (χ1n) is 47.7. The van der Waals surface area contributed by atoms with Crippen LogP contribution in [0.25, 0.3) is 41.8 Å². The Balaban J connectivity index is 0.000000151. The number of aliphatic hydroxyl groups excluding tert-OH is 2. The van der Waals surface area contributed by atoms with Gasteiger partial charge in [0, 0.05) is 160 Å². The van der Waals surface area contributed by atoms with E-state index in [1.54, 1.807) is 29.7 Å². The number of hydrogen-bond donors (Lipinski definition) is 9. The quantitative estimate of drug-likeness (QED) is 0.0243. The molecule has 0 aromatic carbocycles. The number of rotatable bonds is 26. The summed E-state index contributed by atoms with van der Waals surface area (Å²) in [7, 11) is 0. The van der Waals surface area contributed by atoms with Crippen molar-refractivity contribution in [2.45, 2.75) is 305 Å². The predicted octanol–water partition coefficient (Wildman–Crippen LogP) is 15.3. The standard InChI is InChI=1S/2C25H35N5O3S.C24H33N5O3S.C23H31N5O3S/c1-5-16(3)27-20-13-15(2)19(14-26-20)22-21(25(32)30-10-6-7-17(30)4)29-24(34-22)23(31)28-18-8-11-33-12-9-18;1-5-15(3)27-20-11-14(2)19(13-26-20)22-21(25(33)30-10-6-7-16(30)4)29-24(34-22)23(32)28-17-8-9-18(31)12-17;1-5-16(3)26-19-13-15(2)18(14-25-19)21-20(23(30)29-8-6-7-17(29)4)27-22(33-21)24(31)28-9-11-32-12-10-28;1-12(2)25-18-10-13(3)15(11-24-18)20-19(23(31)28-9-5-6-14(28)4)27-22(32-20)21(30)26-16-7-8-17(16)29/h13-14,16-18H,5-12H2,1-4H3,(H,26,27)(H,28,31);11,13,15-18,31H,5-10,12H2,1-4H3,(H,26,27)(H,28,32);13-14,16-17H,5-12H2,1-4H3,(H,25,26);10-12,14,16-17,29H,5-9H2,1-4H3,(H,24,25)(H,26,30)/t16-,17+;15-,16+,17-,18-;16-,17+;14-,16-,17+/m1110/s1. The molecule has 9 N–H and O–H groups in total. The van der Waals surface area contributed by atoms with Crippen molar-refractivity contribution in [1.82, 2.24) is 80.3 Å². The summed E-state index contributed by atoms with van der Waals surface area (Å²) in [5, 5.41) is 43.2. The Bertz CT molecular complexity index is 5280. The number of aromatic nitrogens is 8. The smallest absolute Gasteiger partial charge is 0.283 e. The number of hydrogen-bond acceptors (Lipinski definition) is 28. The summed E-state index contributed by atoms with van der Waals surface area (Å²) >= 11 is 5.01. The maximum atomic E-state index is 13.5. The van der Waals surface area contributed by atoms with Gasteiger partial charge >= 0.3 is 0 Å². The van der Waals surface area contributed by atoms with Crippen LogP contribution in [0.15, 0.2) is 49.1 Å². The van der Waals surface area contributed by atoms with Gasteiger partial charge in [0.2, 0.25) is 0 Å². The van der Waals surface area contributed by atoms with Gasteiger partial charge < -0.3 is 81.4 Å². The van der Waals surface area contributed by atoms with Crippen LogP contribution in [0.3, 0.4) is 0 Å². The third-order valence-electron chi connectivity index (χ3n) is 26.4. The molecule has 11 atom stereocenters. The molecule has 0 radical (unpaired) electrons. The lowest BCUT2D eigenvalue weighted by molar-refractivity contribution is 0.0302. The van der Waals surface area contributed by atoms with Crippen LogP contribution in [-0.2, 0) is 9.47 Å². The van der Waals surface area contributed by atoms with E-state index in [1.165, 1.54) is 45.3 Å². The Morgan fingerprint density at radius 2 is 0.714 bits per heavy atom. The number of carbonyl (C=O) groups is 8. The van der Waals surface area contributed by atoms with Gasteiger partial charge in [-0.3, -0.25) is 38.4 Å². The lowest BCUT2D eigenvalue weighted by atomic mass is 9.89. The number of pyridine rings is 4. The van der Waals surface area contributed by atoms with Crippen molar-refractivity contribution in [1.29, 1.82) is 0 Å². The largest absolute Gasteiger partial charge is 0.393 e. The first kappa shape index (κ1) is 100. The van der Waals surface area contributed by atoms with Crippen LogP contribution >= 0.6 is 45.3 Å². The van der Waals surface area contributed by atoms with E-state index in [4.69, 9.17) is 9.47 Å². The molecule has 36 heteroatoms. The molecule has 14 heterocycles. The molecule has 718 valence electrons. The molecule has 8 aromatic rings. The monoisotopic (exact) mass is 1900 g/mol. The number of morpholine rings is 1. The highest BCUT2D eigenvalue weighted by Crippen LogP contribution is 2.42. The summed E-state index contributed by atoms with van der Waals surface area (Å²) in [4.78, 5) is 155. The van der Waals surface area contributed by atoms with E-state index < -0.39 is 6.10 Å². The lowest BCUT2D eigenvalue weighted by Gasteiger charge is -2.32. The Morgan fingerprint density at radius 3 is 1.01 bits per heavy atom. The van der Waals surface area contributed by atoms with Crippen molar-refractivity contribution in [2.75, 3.05) is 87.0 Å². The fourth-order valence-corrected chi connectivity index (χ4v) is 21.7. The van der Waals surface area contributed by atoms with Crippen LogP contribution in [0, 0.1) is 27.7 Å². The van der Waals surface area contributed by atoms with E-state index in [0.717, 1.165) is 182 Å². The molecular formula is C97H134N20O12S4. The van der Waals surface area contributed by atoms with Crippen LogP contribution in [0.1, 0.15) is 302 Å². The van der Waals surface area contributed by atoms with E-state index in [1.807, 2.05) is 92.3 Å². The zero-order chi connectivity index (χ0) is 95.2. The molecule has 6 aliphatic heterocycles. The number of carbonyl (C=O) groups excluding carboxylic acids is 8. The third-order valence-corrected chi connectivity index (χ3v) is 30.7. The van der Waals surface area contributed by atoms with Gasteiger partial charge in [-0.15, -0.1) is 45.3 Å². The first-order valence-corrected chi connectivity index (χ1v) is 51.0. The average Bonchev–Trinajstić information content (AvgIpc) is 1.66. The van der Waals surface area contributed by atoms with Crippen LogP contribution in [0.4, 0.5) is 23.3 Å². The molecule has 16 rings (SSSR count). The van der Waals surface area contributed by atoms with Crippen molar-refractivity contribution < 1.29 is 58.0 Å². The zero-order valence-corrected chi connectivity index (χ0v) is 83.1. The molecule has 0 bridgehead atoms. The SMILES string of the molecule is CC[C@@H](C)Nc1cc(C)c(-c2sc(C(=O)N3CCOCC3)nc2C(=O)N2CCC[C@@H]2C)cn1.CC[C@@H](C)Nc1cc(C)c(-c2sc(C(=O)NC3CCOCC3)nc2C(=O)N2CCC[C@@H]2C)cn1.CC[C@@H](C)Nc1cc(C)c(-c2sc(C(=O)N[C@@H]3CC[C@@H](O)C3)nc2C(=O)N2CCC[C@@H]2C)cn1.Cc1cc(NC(C)C)ncc1-c1sc(C(=O)N[C@H]2CC[C@H]2O)nc1C(=O)N1CCC[C@@H]1C. The van der Waals surface area contributed by atoms with E-state index in [9.17, 15) is 48.6 Å². The van der Waals surface area contributed by atoms with Gasteiger partial charge in [-0.25, -0.2) is 39.9 Å². The number of nitrogens with one attached hydrogen (secondary N) is 7. The number of nitrogens with zero attached hydrogens (tertiary/aromatic N) is 13. The minimum Gasteiger partial charge on any atom is -0.393 e. The van der Waals surface area contributed by atoms with Crippen molar-refractivity contribution in [2.24, 2.45) is 0 Å². The second kappa shape index (κ2) is 46.0. The van der Waals surface area contributed by atoms with Gasteiger partial charge in [-0.05, 0) is 252 Å². The Labute approximate surface area is 797 Å². The van der Waals surface area contributed by atoms with Crippen molar-refractivity contribution >= 4 is 116 Å². The molecule has 8 fully saturated rings. The minimum absolute atomic E-state index is 0.0677. The topological polar surface area (TPSA) is 399 Å². The molecule has 6 saturated heterocycles. The van der Waals surface area contributed by atoms with Crippen LogP contribution in [0.2, 0.25) is 0 Å². The lowest BCUT2D eigenvalue weighted by Crippen LogP contribution is -2.50. The van der Waals surface area contributed by atoms with Gasteiger partial charge in [-0.1, -0.05) is 20.8 Å². The summed E-state index contributed by atoms with van der Waals surface area (Å²) in [5.41, 5.74) is 8.55. The van der Waals surface area contributed by atoms with Gasteiger partial charge in [0.05, 0.1) is 51.0 Å². The molecule has 0 unspecified atom stereocenters. The summed E-state index contributed by atoms with van der Waals surface area (Å²) in [6.07, 6.45) is 22.0. The van der Waals surface area contributed by atoms with Crippen LogP contribution in [0.5, 0.6) is 0 Å². The molecule has 133 heavy (non-hydrogen) atoms. The number of aliphatic hydroxyl groups is 2. The summed E-state index contributed by atoms with van der Waals surface area (Å²) in [6.45, 7) is 39.3. The van der Waals surface area contributed by atoms with E-state index in [0.29, 0.717) is 137 Å². The van der Waals surface area contributed by atoms with Gasteiger partial charge in [-0.2, -0.15) is 0 Å². The third kappa shape index (κ3) is 24.8. The van der Waals surface area contributed by atoms with Crippen LogP contribution in [-0.4, -0.2) is 266 Å². The number of thiazole rings is 4. The second-order valence-electron chi connectivity index (χ2n) is 37.1. The molecule has 8 aliphatic rings. The molecule has 2 aliphatic carbocycles. The summed E-state index contributed by atoms with van der Waals surface area (Å²) in [6, 6.07) is 9.51. The highest BCUT2D eigenvalue weighted by Gasteiger charge is 2.40. The van der Waals surface area contributed by atoms with Crippen molar-refractivity contribution in [3.63, 3.8) is 0 Å². The molecule has 32 nitrogen and oxygen atoms in total. The predicted molar refractivity (Wildman–Crippen MR) is 524 cm³/mol. The average molecular weight is 1900 g/mol. The Morgan fingerprint density at radius 1 is 0.391 bits per heavy atom. The van der Waals surface area contributed by atoms with Crippen LogP contribution < -0.4 is 37.2 Å². The van der Waals surface area contributed by atoms with Gasteiger partial charge in [0.15, 0.2) is 20.0 Å². The fourth-order valence-electron chi connectivity index (χ4n) is 17.5.